The lowest BCUT2D eigenvalue weighted by atomic mass is 10.2. The van der Waals surface area contributed by atoms with Gasteiger partial charge in [0.15, 0.2) is 10.6 Å². The molecule has 0 radical (unpaired) electrons. The third-order valence-electron chi connectivity index (χ3n) is 4.21. The Bertz CT molecular complexity index is 948. The lowest BCUT2D eigenvalue weighted by Crippen LogP contribution is -2.22. The van der Waals surface area contributed by atoms with Crippen LogP contribution in [0.2, 0.25) is 0 Å². The van der Waals surface area contributed by atoms with E-state index in [-0.39, 0.29) is 5.82 Å². The second-order valence-corrected chi connectivity index (χ2v) is 6.77. The molecular weight excluding hydrogens is 363 g/mol. The van der Waals surface area contributed by atoms with Crippen LogP contribution in [0.4, 0.5) is 4.39 Å². The highest BCUT2D eigenvalue weighted by Crippen LogP contribution is 2.18. The molecule has 3 aromatic rings. The molecule has 0 aliphatic carbocycles. The molecule has 0 aliphatic heterocycles. The van der Waals surface area contributed by atoms with Gasteiger partial charge < -0.3 is 9.30 Å². The van der Waals surface area contributed by atoms with Crippen LogP contribution in [0.5, 0.6) is 5.75 Å². The standard InChI is InChI=1S/C20H23FN4OS/c1-4-26-18-11-5-15(6-12-18)13-23(2)14-25-20(27)24(3)19(22-25)16-7-9-17(21)10-8-16/h5-12H,4,13-14H2,1-3H3. The fourth-order valence-electron chi connectivity index (χ4n) is 2.88. The lowest BCUT2D eigenvalue weighted by molar-refractivity contribution is 0.244. The predicted molar refractivity (Wildman–Crippen MR) is 107 cm³/mol. The van der Waals surface area contributed by atoms with Crippen LogP contribution in [-0.2, 0) is 20.3 Å². The van der Waals surface area contributed by atoms with Crippen LogP contribution in [0.3, 0.4) is 0 Å². The molecule has 0 N–H and O–H groups in total. The van der Waals surface area contributed by atoms with Crippen LogP contribution >= 0.6 is 12.2 Å². The summed E-state index contributed by atoms with van der Waals surface area (Å²) < 4.78 is 22.9. The molecule has 0 aliphatic rings. The smallest absolute Gasteiger partial charge is 0.199 e. The van der Waals surface area contributed by atoms with E-state index >= 15 is 0 Å². The first-order valence-corrected chi connectivity index (χ1v) is 9.19. The van der Waals surface area contributed by atoms with Gasteiger partial charge in [-0.15, -0.1) is 0 Å². The van der Waals surface area contributed by atoms with Gasteiger partial charge in [0, 0.05) is 19.2 Å². The first kappa shape index (κ1) is 19.3. The lowest BCUT2D eigenvalue weighted by Gasteiger charge is -2.16. The molecule has 5 nitrogen and oxygen atoms in total. The van der Waals surface area contributed by atoms with E-state index in [2.05, 4.69) is 22.1 Å². The van der Waals surface area contributed by atoms with E-state index in [4.69, 9.17) is 17.0 Å². The van der Waals surface area contributed by atoms with Crippen molar-refractivity contribution in [3.05, 3.63) is 64.7 Å². The maximum Gasteiger partial charge on any atom is 0.199 e. The second kappa shape index (κ2) is 8.45. The first-order valence-electron chi connectivity index (χ1n) is 8.78. The van der Waals surface area contributed by atoms with Crippen molar-refractivity contribution >= 4 is 12.2 Å². The summed E-state index contributed by atoms with van der Waals surface area (Å²) in [6.45, 7) is 3.95. The van der Waals surface area contributed by atoms with Crippen molar-refractivity contribution in [2.24, 2.45) is 7.05 Å². The molecule has 0 bridgehead atoms. The van der Waals surface area contributed by atoms with Crippen molar-refractivity contribution in [2.45, 2.75) is 20.1 Å². The zero-order chi connectivity index (χ0) is 19.4. The Hall–Kier alpha value is -2.51. The molecule has 0 spiro atoms. The summed E-state index contributed by atoms with van der Waals surface area (Å²) in [5.41, 5.74) is 2.01. The van der Waals surface area contributed by atoms with E-state index in [1.807, 2.05) is 37.7 Å². The van der Waals surface area contributed by atoms with Crippen LogP contribution < -0.4 is 4.74 Å². The number of benzene rings is 2. The number of rotatable bonds is 7. The van der Waals surface area contributed by atoms with Gasteiger partial charge in [-0.25, -0.2) is 9.07 Å². The van der Waals surface area contributed by atoms with Crippen molar-refractivity contribution in [3.8, 4) is 17.1 Å². The van der Waals surface area contributed by atoms with Crippen molar-refractivity contribution < 1.29 is 9.13 Å². The Labute approximate surface area is 163 Å². The zero-order valence-electron chi connectivity index (χ0n) is 15.7. The molecule has 0 unspecified atom stereocenters. The van der Waals surface area contributed by atoms with Gasteiger partial charge in [0.25, 0.3) is 0 Å². The van der Waals surface area contributed by atoms with E-state index < -0.39 is 0 Å². The molecule has 1 heterocycles. The molecule has 0 saturated carbocycles. The maximum absolute atomic E-state index is 13.2. The van der Waals surface area contributed by atoms with Crippen LogP contribution in [0.1, 0.15) is 12.5 Å². The Morgan fingerprint density at radius 1 is 1.11 bits per heavy atom. The Morgan fingerprint density at radius 2 is 1.78 bits per heavy atom. The normalized spacial score (nSPS) is 11.1. The van der Waals surface area contributed by atoms with Gasteiger partial charge in [-0.05, 0) is 68.2 Å². The predicted octanol–water partition coefficient (Wildman–Crippen LogP) is 4.25. The summed E-state index contributed by atoms with van der Waals surface area (Å²) in [4.78, 5) is 2.13. The Kier molecular flexibility index (Phi) is 6.03. The number of hydrogen-bond acceptors (Lipinski definition) is 4. The molecule has 0 amide bonds. The molecule has 142 valence electrons. The summed E-state index contributed by atoms with van der Waals surface area (Å²) in [5, 5.41) is 4.62. The SMILES string of the molecule is CCOc1ccc(CN(C)Cn2nc(-c3ccc(F)cc3)n(C)c2=S)cc1. The Morgan fingerprint density at radius 3 is 2.41 bits per heavy atom. The zero-order valence-corrected chi connectivity index (χ0v) is 16.5. The summed E-state index contributed by atoms with van der Waals surface area (Å²) in [6, 6.07) is 14.3. The molecule has 3 rings (SSSR count). The van der Waals surface area contributed by atoms with E-state index in [9.17, 15) is 4.39 Å². The molecule has 7 heteroatoms. The van der Waals surface area contributed by atoms with Crippen LogP contribution in [0.25, 0.3) is 11.4 Å². The van der Waals surface area contributed by atoms with Gasteiger partial charge in [0.1, 0.15) is 11.6 Å². The van der Waals surface area contributed by atoms with Gasteiger partial charge in [0.2, 0.25) is 0 Å². The monoisotopic (exact) mass is 386 g/mol. The number of halogens is 1. The topological polar surface area (TPSA) is 35.2 Å². The average molecular weight is 386 g/mol. The molecule has 0 saturated heterocycles. The Balaban J connectivity index is 1.72. The molecule has 1 aromatic heterocycles. The maximum atomic E-state index is 13.2. The molecule has 0 atom stereocenters. The summed E-state index contributed by atoms with van der Waals surface area (Å²) in [6.07, 6.45) is 0. The molecule has 0 fully saturated rings. The van der Waals surface area contributed by atoms with Gasteiger partial charge in [0.05, 0.1) is 13.3 Å². The second-order valence-electron chi connectivity index (χ2n) is 6.40. The van der Waals surface area contributed by atoms with E-state index in [1.54, 1.807) is 16.8 Å². The van der Waals surface area contributed by atoms with Crippen molar-refractivity contribution in [2.75, 3.05) is 13.7 Å². The quantitative estimate of drug-likeness (QED) is 0.569. The van der Waals surface area contributed by atoms with Crippen molar-refractivity contribution in [3.63, 3.8) is 0 Å². The molecule has 2 aromatic carbocycles. The van der Waals surface area contributed by atoms with Gasteiger partial charge >= 0.3 is 0 Å². The van der Waals surface area contributed by atoms with Crippen LogP contribution in [0.15, 0.2) is 48.5 Å². The van der Waals surface area contributed by atoms with Crippen LogP contribution in [-0.4, -0.2) is 32.9 Å². The average Bonchev–Trinajstić information content (AvgIpc) is 2.93. The third-order valence-corrected chi connectivity index (χ3v) is 4.69. The van der Waals surface area contributed by atoms with Crippen molar-refractivity contribution in [1.82, 2.24) is 19.2 Å². The van der Waals surface area contributed by atoms with Gasteiger partial charge in [-0.2, -0.15) is 5.10 Å². The largest absolute Gasteiger partial charge is 0.494 e. The number of nitrogens with zero attached hydrogens (tertiary/aromatic N) is 4. The van der Waals surface area contributed by atoms with Gasteiger partial charge in [-0.1, -0.05) is 12.1 Å². The summed E-state index contributed by atoms with van der Waals surface area (Å²) >= 11 is 5.52. The third kappa shape index (κ3) is 4.61. The van der Waals surface area contributed by atoms with E-state index in [1.165, 1.54) is 17.7 Å². The number of hydrogen-bond donors (Lipinski definition) is 0. The molecule has 27 heavy (non-hydrogen) atoms. The molecular formula is C20H23FN4OS. The minimum atomic E-state index is -0.269. The fourth-order valence-corrected chi connectivity index (χ4v) is 3.06. The first-order chi connectivity index (χ1) is 13.0. The minimum absolute atomic E-state index is 0.269. The highest BCUT2D eigenvalue weighted by molar-refractivity contribution is 7.71. The minimum Gasteiger partial charge on any atom is -0.494 e. The van der Waals surface area contributed by atoms with E-state index in [0.717, 1.165) is 23.7 Å². The van der Waals surface area contributed by atoms with Gasteiger partial charge in [-0.3, -0.25) is 4.90 Å². The highest BCUT2D eigenvalue weighted by Gasteiger charge is 2.12. The number of ether oxygens (including phenoxy) is 1. The van der Waals surface area contributed by atoms with E-state index in [0.29, 0.717) is 18.0 Å². The summed E-state index contributed by atoms with van der Waals surface area (Å²) in [5.74, 6) is 1.32. The highest BCUT2D eigenvalue weighted by atomic mass is 32.1. The van der Waals surface area contributed by atoms with Crippen LogP contribution in [0, 0.1) is 10.6 Å². The summed E-state index contributed by atoms with van der Waals surface area (Å²) in [7, 11) is 3.89. The number of aromatic nitrogens is 3. The van der Waals surface area contributed by atoms with Crippen molar-refractivity contribution in [1.29, 1.82) is 0 Å². The fraction of sp³-hybridized carbons (Fsp3) is 0.300.